The number of rotatable bonds is 4. The minimum Gasteiger partial charge on any atom is -0.496 e. The quantitative estimate of drug-likeness (QED) is 0.441. The summed E-state index contributed by atoms with van der Waals surface area (Å²) in [4.78, 5) is 14.9. The van der Waals surface area contributed by atoms with Crippen LogP contribution in [0.15, 0.2) is 42.0 Å². The highest BCUT2D eigenvalue weighted by molar-refractivity contribution is 6.42. The Morgan fingerprint density at radius 3 is 2.55 bits per heavy atom. The monoisotopic (exact) mass is 455 g/mol. The van der Waals surface area contributed by atoms with Crippen LogP contribution in [0.25, 0.3) is 11.6 Å². The molecule has 2 aromatic rings. The molecule has 1 heterocycles. The molecule has 7 heteroatoms. The van der Waals surface area contributed by atoms with Gasteiger partial charge < -0.3 is 15.0 Å². The van der Waals surface area contributed by atoms with Crippen molar-refractivity contribution in [1.82, 2.24) is 0 Å². The standard InChI is InChI=1S/C24H23Cl2N3O2/c1-14-12-24(2,3)29(4)21-11-22(31-5)15(9-18(14)21)8-16(13-27)23(30)28-17-6-7-19(25)20(26)10-17/h6-12H,1-5H3,(H,28,30)/b16-8+. The zero-order valence-electron chi connectivity index (χ0n) is 18.0. The smallest absolute Gasteiger partial charge is 0.266 e. The normalized spacial score (nSPS) is 15.0. The average Bonchev–Trinajstić information content (AvgIpc) is 2.72. The first-order chi connectivity index (χ1) is 14.6. The lowest BCUT2D eigenvalue weighted by atomic mass is 9.88. The Morgan fingerprint density at radius 2 is 1.94 bits per heavy atom. The van der Waals surface area contributed by atoms with Crippen LogP contribution in [0.5, 0.6) is 5.75 Å². The molecule has 1 aliphatic rings. The summed E-state index contributed by atoms with van der Waals surface area (Å²) in [6.45, 7) is 6.33. The molecule has 0 aromatic heterocycles. The van der Waals surface area contributed by atoms with E-state index in [9.17, 15) is 10.1 Å². The second kappa shape index (κ2) is 8.66. The lowest BCUT2D eigenvalue weighted by molar-refractivity contribution is -0.112. The number of halogens is 2. The van der Waals surface area contributed by atoms with Gasteiger partial charge in [0.05, 0.1) is 22.7 Å². The number of carbonyl (C=O) groups is 1. The van der Waals surface area contributed by atoms with Crippen LogP contribution in [0.2, 0.25) is 10.0 Å². The number of hydrogen-bond donors (Lipinski definition) is 1. The van der Waals surface area contributed by atoms with Gasteiger partial charge in [0.2, 0.25) is 0 Å². The van der Waals surface area contributed by atoms with Crippen molar-refractivity contribution >= 4 is 52.1 Å². The van der Waals surface area contributed by atoms with Crippen molar-refractivity contribution in [3.05, 3.63) is 63.2 Å². The van der Waals surface area contributed by atoms with Crippen molar-refractivity contribution in [1.29, 1.82) is 5.26 Å². The van der Waals surface area contributed by atoms with Crippen molar-refractivity contribution in [3.8, 4) is 11.8 Å². The fourth-order valence-electron chi connectivity index (χ4n) is 3.56. The van der Waals surface area contributed by atoms with Gasteiger partial charge in [-0.2, -0.15) is 5.26 Å². The Morgan fingerprint density at radius 1 is 1.23 bits per heavy atom. The van der Waals surface area contributed by atoms with Crippen LogP contribution >= 0.6 is 23.2 Å². The van der Waals surface area contributed by atoms with Gasteiger partial charge in [0.15, 0.2) is 0 Å². The van der Waals surface area contributed by atoms with Crippen molar-refractivity contribution in [2.24, 2.45) is 0 Å². The molecule has 31 heavy (non-hydrogen) atoms. The minimum absolute atomic E-state index is 0.0598. The fourth-order valence-corrected chi connectivity index (χ4v) is 3.86. The molecule has 3 rings (SSSR count). The van der Waals surface area contributed by atoms with E-state index in [1.54, 1.807) is 19.2 Å². The zero-order chi connectivity index (χ0) is 22.9. The Kier molecular flexibility index (Phi) is 6.35. The molecule has 0 saturated heterocycles. The third kappa shape index (κ3) is 4.56. The van der Waals surface area contributed by atoms with E-state index in [4.69, 9.17) is 27.9 Å². The summed E-state index contributed by atoms with van der Waals surface area (Å²) >= 11 is 11.9. The molecule has 0 atom stereocenters. The number of allylic oxidation sites excluding steroid dienone is 1. The average molecular weight is 456 g/mol. The molecule has 5 nitrogen and oxygen atoms in total. The molecular formula is C24H23Cl2N3O2. The predicted molar refractivity (Wildman–Crippen MR) is 128 cm³/mol. The predicted octanol–water partition coefficient (Wildman–Crippen LogP) is 6.18. The number of anilines is 2. The Labute approximate surface area is 192 Å². The van der Waals surface area contributed by atoms with Gasteiger partial charge in [0, 0.05) is 35.6 Å². The van der Waals surface area contributed by atoms with Crippen LogP contribution in [0.1, 0.15) is 31.9 Å². The summed E-state index contributed by atoms with van der Waals surface area (Å²) in [7, 11) is 3.60. The number of nitriles is 1. The van der Waals surface area contributed by atoms with Gasteiger partial charge in [0.25, 0.3) is 5.91 Å². The van der Waals surface area contributed by atoms with E-state index in [1.165, 1.54) is 12.1 Å². The Balaban J connectivity index is 2.01. The van der Waals surface area contributed by atoms with Crippen molar-refractivity contribution in [2.75, 3.05) is 24.4 Å². The maximum absolute atomic E-state index is 12.7. The second-order valence-electron chi connectivity index (χ2n) is 7.90. The highest BCUT2D eigenvalue weighted by Gasteiger charge is 2.29. The summed E-state index contributed by atoms with van der Waals surface area (Å²) in [6, 6.07) is 10.6. The highest BCUT2D eigenvalue weighted by atomic mass is 35.5. The Bertz CT molecular complexity index is 1160. The number of hydrogen-bond acceptors (Lipinski definition) is 4. The third-order valence-electron chi connectivity index (χ3n) is 5.41. The summed E-state index contributed by atoms with van der Waals surface area (Å²) in [5, 5.41) is 13.0. The van der Waals surface area contributed by atoms with E-state index in [0.717, 1.165) is 16.8 Å². The molecule has 0 spiro atoms. The van der Waals surface area contributed by atoms with Crippen molar-refractivity contribution < 1.29 is 9.53 Å². The van der Waals surface area contributed by atoms with Crippen molar-refractivity contribution in [2.45, 2.75) is 26.3 Å². The lowest BCUT2D eigenvalue weighted by Gasteiger charge is -2.41. The maximum atomic E-state index is 12.7. The summed E-state index contributed by atoms with van der Waals surface area (Å²) < 4.78 is 5.57. The molecule has 0 bridgehead atoms. The van der Waals surface area contributed by atoms with Crippen LogP contribution in [0, 0.1) is 11.3 Å². The minimum atomic E-state index is -0.550. The van der Waals surface area contributed by atoms with Crippen LogP contribution in [0.3, 0.4) is 0 Å². The van der Waals surface area contributed by atoms with Crippen LogP contribution in [-0.2, 0) is 4.79 Å². The summed E-state index contributed by atoms with van der Waals surface area (Å²) in [5.41, 5.74) is 4.05. The summed E-state index contributed by atoms with van der Waals surface area (Å²) in [6.07, 6.45) is 3.72. The molecule has 0 aliphatic carbocycles. The van der Waals surface area contributed by atoms with Gasteiger partial charge in [-0.3, -0.25) is 4.79 Å². The highest BCUT2D eigenvalue weighted by Crippen LogP contribution is 2.41. The second-order valence-corrected chi connectivity index (χ2v) is 8.72. The fraction of sp³-hybridized carbons (Fsp3) is 0.250. The number of amides is 1. The molecule has 1 amide bonds. The molecule has 0 fully saturated rings. The molecule has 0 radical (unpaired) electrons. The van der Waals surface area contributed by atoms with Gasteiger partial charge >= 0.3 is 0 Å². The van der Waals surface area contributed by atoms with Gasteiger partial charge in [-0.25, -0.2) is 0 Å². The van der Waals surface area contributed by atoms with Gasteiger partial charge in [-0.15, -0.1) is 0 Å². The van der Waals surface area contributed by atoms with E-state index in [2.05, 4.69) is 37.1 Å². The molecule has 0 unspecified atom stereocenters. The maximum Gasteiger partial charge on any atom is 0.266 e. The molecular weight excluding hydrogens is 433 g/mol. The van der Waals surface area contributed by atoms with E-state index < -0.39 is 5.91 Å². The number of nitrogens with one attached hydrogen (secondary N) is 1. The number of carbonyl (C=O) groups excluding carboxylic acids is 1. The lowest BCUT2D eigenvalue weighted by Crippen LogP contribution is -2.42. The van der Waals surface area contributed by atoms with Crippen LogP contribution in [-0.4, -0.2) is 25.6 Å². The SMILES string of the molecule is COc1cc2c(cc1/C=C(\C#N)C(=O)Nc1ccc(Cl)c(Cl)c1)C(C)=CC(C)(C)N2C. The third-order valence-corrected chi connectivity index (χ3v) is 6.15. The number of likely N-dealkylation sites (N-methyl/N-ethyl adjacent to an activating group) is 1. The summed E-state index contributed by atoms with van der Waals surface area (Å²) in [5.74, 6) is 0.0253. The number of ether oxygens (including phenoxy) is 1. The Hall–Kier alpha value is -2.94. The van der Waals surface area contributed by atoms with E-state index in [-0.39, 0.29) is 11.1 Å². The first kappa shape index (κ1) is 22.7. The largest absolute Gasteiger partial charge is 0.496 e. The zero-order valence-corrected chi connectivity index (χ0v) is 19.5. The molecule has 1 aliphatic heterocycles. The molecule has 1 N–H and O–H groups in total. The molecule has 160 valence electrons. The number of benzene rings is 2. The van der Waals surface area contributed by atoms with Gasteiger partial charge in [0.1, 0.15) is 17.4 Å². The number of methoxy groups -OCH3 is 1. The van der Waals surface area contributed by atoms with Crippen LogP contribution < -0.4 is 15.0 Å². The number of fused-ring (bicyclic) bond motifs is 1. The van der Waals surface area contributed by atoms with E-state index in [1.807, 2.05) is 25.2 Å². The number of nitrogens with zero attached hydrogens (tertiary/aromatic N) is 2. The molecule has 0 saturated carbocycles. The van der Waals surface area contributed by atoms with E-state index in [0.29, 0.717) is 27.0 Å². The van der Waals surface area contributed by atoms with E-state index >= 15 is 0 Å². The van der Waals surface area contributed by atoms with Crippen LogP contribution in [0.4, 0.5) is 11.4 Å². The van der Waals surface area contributed by atoms with Crippen molar-refractivity contribution in [3.63, 3.8) is 0 Å². The first-order valence-corrected chi connectivity index (χ1v) is 10.4. The topological polar surface area (TPSA) is 65.4 Å². The molecule has 2 aromatic carbocycles. The van der Waals surface area contributed by atoms with Gasteiger partial charge in [-0.05, 0) is 56.7 Å². The van der Waals surface area contributed by atoms with Gasteiger partial charge in [-0.1, -0.05) is 29.3 Å². The first-order valence-electron chi connectivity index (χ1n) is 9.61.